The van der Waals surface area contributed by atoms with Crippen molar-refractivity contribution < 1.29 is 4.79 Å². The van der Waals surface area contributed by atoms with E-state index in [1.54, 1.807) is 6.20 Å². The smallest absolute Gasteiger partial charge is 0.157 e. The van der Waals surface area contributed by atoms with E-state index in [-0.39, 0.29) is 11.8 Å². The first-order valence-corrected chi connectivity index (χ1v) is 5.25. The Labute approximate surface area is 90.5 Å². The standard InChI is InChI=1S/C11H19N3O/c1-8(2)6-9(12)10(15)7-11-13-4-5-14(11)3/h4-5,8-9H,6-7,12H2,1-3H3. The zero-order valence-corrected chi connectivity index (χ0v) is 9.60. The molecular formula is C11H19N3O. The molecule has 1 unspecified atom stereocenters. The van der Waals surface area contributed by atoms with Crippen LogP contribution in [-0.4, -0.2) is 21.4 Å². The number of nitrogens with two attached hydrogens (primary N) is 1. The van der Waals surface area contributed by atoms with Crippen LogP contribution in [0.1, 0.15) is 26.1 Å². The first kappa shape index (κ1) is 11.9. The van der Waals surface area contributed by atoms with Gasteiger partial charge < -0.3 is 10.3 Å². The number of aromatic nitrogens is 2. The average molecular weight is 209 g/mol. The van der Waals surface area contributed by atoms with Crippen molar-refractivity contribution in [3.05, 3.63) is 18.2 Å². The van der Waals surface area contributed by atoms with Crippen molar-refractivity contribution >= 4 is 5.78 Å². The van der Waals surface area contributed by atoms with Gasteiger partial charge in [0.1, 0.15) is 5.82 Å². The van der Waals surface area contributed by atoms with Crippen molar-refractivity contribution in [2.24, 2.45) is 18.7 Å². The molecule has 0 aliphatic rings. The summed E-state index contributed by atoms with van der Waals surface area (Å²) >= 11 is 0. The lowest BCUT2D eigenvalue weighted by Gasteiger charge is -2.12. The fraction of sp³-hybridized carbons (Fsp3) is 0.636. The Morgan fingerprint density at radius 1 is 1.60 bits per heavy atom. The van der Waals surface area contributed by atoms with E-state index in [0.717, 1.165) is 12.2 Å². The number of Topliss-reactive ketones (excluding diaryl/α,β-unsaturated/α-hetero) is 1. The molecule has 0 fully saturated rings. The summed E-state index contributed by atoms with van der Waals surface area (Å²) in [4.78, 5) is 15.8. The van der Waals surface area contributed by atoms with Crippen LogP contribution in [0.2, 0.25) is 0 Å². The molecular weight excluding hydrogens is 190 g/mol. The quantitative estimate of drug-likeness (QED) is 0.784. The molecule has 84 valence electrons. The Morgan fingerprint density at radius 2 is 2.27 bits per heavy atom. The third-order valence-electron chi connectivity index (χ3n) is 2.39. The second-order valence-electron chi connectivity index (χ2n) is 4.33. The Morgan fingerprint density at radius 3 is 2.73 bits per heavy atom. The molecule has 0 aliphatic carbocycles. The van der Waals surface area contributed by atoms with Gasteiger partial charge in [-0.25, -0.2) is 4.98 Å². The molecule has 0 amide bonds. The molecule has 0 aliphatic heterocycles. The summed E-state index contributed by atoms with van der Waals surface area (Å²) in [6.07, 6.45) is 4.59. The number of hydrogen-bond donors (Lipinski definition) is 1. The van der Waals surface area contributed by atoms with Gasteiger partial charge in [-0.3, -0.25) is 4.79 Å². The van der Waals surface area contributed by atoms with Crippen LogP contribution in [0.3, 0.4) is 0 Å². The highest BCUT2D eigenvalue weighted by Crippen LogP contribution is 2.06. The number of imidazole rings is 1. The maximum absolute atomic E-state index is 11.7. The Kier molecular flexibility index (Phi) is 4.03. The fourth-order valence-electron chi connectivity index (χ4n) is 1.49. The molecule has 1 atom stereocenters. The largest absolute Gasteiger partial charge is 0.338 e. The zero-order chi connectivity index (χ0) is 11.4. The third kappa shape index (κ3) is 3.47. The maximum Gasteiger partial charge on any atom is 0.157 e. The molecule has 4 heteroatoms. The number of carbonyl (C=O) groups is 1. The van der Waals surface area contributed by atoms with Crippen molar-refractivity contribution in [1.82, 2.24) is 9.55 Å². The van der Waals surface area contributed by atoms with Gasteiger partial charge in [0, 0.05) is 19.4 Å². The van der Waals surface area contributed by atoms with Gasteiger partial charge in [0.05, 0.1) is 12.5 Å². The second kappa shape index (κ2) is 5.07. The summed E-state index contributed by atoms with van der Waals surface area (Å²) in [7, 11) is 1.88. The third-order valence-corrected chi connectivity index (χ3v) is 2.39. The van der Waals surface area contributed by atoms with Gasteiger partial charge >= 0.3 is 0 Å². The topological polar surface area (TPSA) is 60.9 Å². The predicted octanol–water partition coefficient (Wildman–Crippen LogP) is 0.905. The van der Waals surface area contributed by atoms with E-state index < -0.39 is 0 Å². The minimum atomic E-state index is -0.360. The maximum atomic E-state index is 11.7. The molecule has 0 spiro atoms. The molecule has 1 rings (SSSR count). The van der Waals surface area contributed by atoms with Gasteiger partial charge in [0.15, 0.2) is 5.78 Å². The van der Waals surface area contributed by atoms with Gasteiger partial charge in [0.2, 0.25) is 0 Å². The number of ketones is 1. The average Bonchev–Trinajstić information content (AvgIpc) is 2.50. The molecule has 15 heavy (non-hydrogen) atoms. The lowest BCUT2D eigenvalue weighted by Crippen LogP contribution is -2.33. The van der Waals surface area contributed by atoms with Crippen LogP contribution in [0.4, 0.5) is 0 Å². The number of rotatable bonds is 5. The van der Waals surface area contributed by atoms with E-state index in [1.165, 1.54) is 0 Å². The van der Waals surface area contributed by atoms with Crippen LogP contribution in [0.5, 0.6) is 0 Å². The first-order chi connectivity index (χ1) is 7.00. The molecule has 0 bridgehead atoms. The predicted molar refractivity (Wildman–Crippen MR) is 59.3 cm³/mol. The highest BCUT2D eigenvalue weighted by atomic mass is 16.1. The van der Waals surface area contributed by atoms with Crippen molar-refractivity contribution in [3.8, 4) is 0 Å². The van der Waals surface area contributed by atoms with E-state index in [9.17, 15) is 4.79 Å². The highest BCUT2D eigenvalue weighted by molar-refractivity contribution is 5.85. The van der Waals surface area contributed by atoms with Crippen molar-refractivity contribution in [3.63, 3.8) is 0 Å². The van der Waals surface area contributed by atoms with Crippen molar-refractivity contribution in [2.75, 3.05) is 0 Å². The molecule has 0 aromatic carbocycles. The van der Waals surface area contributed by atoms with Gasteiger partial charge in [-0.2, -0.15) is 0 Å². The number of aryl methyl sites for hydroxylation is 1. The zero-order valence-electron chi connectivity index (χ0n) is 9.60. The monoisotopic (exact) mass is 209 g/mol. The van der Waals surface area contributed by atoms with Crippen LogP contribution >= 0.6 is 0 Å². The van der Waals surface area contributed by atoms with E-state index in [2.05, 4.69) is 18.8 Å². The number of nitrogens with zero attached hydrogens (tertiary/aromatic N) is 2. The minimum Gasteiger partial charge on any atom is -0.338 e. The summed E-state index contributed by atoms with van der Waals surface area (Å²) < 4.78 is 1.85. The lowest BCUT2D eigenvalue weighted by molar-refractivity contribution is -0.120. The van der Waals surface area contributed by atoms with Crippen LogP contribution in [-0.2, 0) is 18.3 Å². The summed E-state index contributed by atoms with van der Waals surface area (Å²) in [5.41, 5.74) is 5.80. The van der Waals surface area contributed by atoms with E-state index in [4.69, 9.17) is 5.73 Å². The molecule has 1 heterocycles. The fourth-order valence-corrected chi connectivity index (χ4v) is 1.49. The molecule has 1 aromatic rings. The molecule has 0 radical (unpaired) electrons. The summed E-state index contributed by atoms with van der Waals surface area (Å²) in [5, 5.41) is 0. The normalized spacial score (nSPS) is 13.1. The second-order valence-corrected chi connectivity index (χ2v) is 4.33. The summed E-state index contributed by atoms with van der Waals surface area (Å²) in [6.45, 7) is 4.13. The minimum absolute atomic E-state index is 0.0676. The lowest BCUT2D eigenvalue weighted by atomic mass is 9.99. The molecule has 2 N–H and O–H groups in total. The van der Waals surface area contributed by atoms with E-state index in [1.807, 2.05) is 17.8 Å². The summed E-state index contributed by atoms with van der Waals surface area (Å²) in [5.74, 6) is 1.29. The SMILES string of the molecule is CC(C)CC(N)C(=O)Cc1nccn1C. The highest BCUT2D eigenvalue weighted by Gasteiger charge is 2.16. The van der Waals surface area contributed by atoms with Crippen LogP contribution in [0.25, 0.3) is 0 Å². The van der Waals surface area contributed by atoms with Crippen LogP contribution in [0.15, 0.2) is 12.4 Å². The molecule has 4 nitrogen and oxygen atoms in total. The van der Waals surface area contributed by atoms with Gasteiger partial charge in [0.25, 0.3) is 0 Å². The number of carbonyl (C=O) groups excluding carboxylic acids is 1. The van der Waals surface area contributed by atoms with Crippen molar-refractivity contribution in [2.45, 2.75) is 32.7 Å². The van der Waals surface area contributed by atoms with Gasteiger partial charge in [-0.15, -0.1) is 0 Å². The Bertz CT molecular complexity index is 330. The van der Waals surface area contributed by atoms with Gasteiger partial charge in [-0.1, -0.05) is 13.8 Å². The summed E-state index contributed by atoms with van der Waals surface area (Å²) in [6, 6.07) is -0.360. The van der Waals surface area contributed by atoms with Crippen molar-refractivity contribution in [1.29, 1.82) is 0 Å². The Hall–Kier alpha value is -1.16. The molecule has 1 aromatic heterocycles. The van der Waals surface area contributed by atoms with E-state index >= 15 is 0 Å². The van der Waals surface area contributed by atoms with Crippen LogP contribution in [0, 0.1) is 5.92 Å². The molecule has 0 saturated carbocycles. The van der Waals surface area contributed by atoms with Gasteiger partial charge in [-0.05, 0) is 12.3 Å². The molecule has 0 saturated heterocycles. The Balaban J connectivity index is 2.52. The number of hydrogen-bond acceptors (Lipinski definition) is 3. The van der Waals surface area contributed by atoms with Crippen LogP contribution < -0.4 is 5.73 Å². The van der Waals surface area contributed by atoms with E-state index in [0.29, 0.717) is 12.3 Å². The first-order valence-electron chi connectivity index (χ1n) is 5.25.